The quantitative estimate of drug-likeness (QED) is 0.272. The standard InChI is InChI=1S/C16H25N5OS.HI/c1-12(2)15-20-14(22-21-15)7-4-9-18-16(17-3)19-10-8-13-6-5-11-23-13;/h5-6,11-12H,4,7-10H2,1-3H3,(H2,17,18,19);1H. The maximum absolute atomic E-state index is 5.23. The van der Waals surface area contributed by atoms with Gasteiger partial charge < -0.3 is 15.2 Å². The summed E-state index contributed by atoms with van der Waals surface area (Å²) < 4.78 is 5.23. The van der Waals surface area contributed by atoms with Gasteiger partial charge in [-0.2, -0.15) is 4.98 Å². The third-order valence-electron chi connectivity index (χ3n) is 3.33. The number of aryl methyl sites for hydroxylation is 1. The number of halogens is 1. The Hall–Kier alpha value is -1.16. The van der Waals surface area contributed by atoms with Crippen molar-refractivity contribution in [3.8, 4) is 0 Å². The number of guanidine groups is 1. The molecule has 6 nitrogen and oxygen atoms in total. The molecule has 0 fully saturated rings. The van der Waals surface area contributed by atoms with Crippen LogP contribution in [0, 0.1) is 0 Å². The average molecular weight is 463 g/mol. The lowest BCUT2D eigenvalue weighted by Gasteiger charge is -2.10. The molecule has 2 heterocycles. The summed E-state index contributed by atoms with van der Waals surface area (Å²) in [5.41, 5.74) is 0. The summed E-state index contributed by atoms with van der Waals surface area (Å²) in [7, 11) is 1.79. The van der Waals surface area contributed by atoms with E-state index >= 15 is 0 Å². The number of hydrogen-bond acceptors (Lipinski definition) is 5. The number of nitrogens with one attached hydrogen (secondary N) is 2. The van der Waals surface area contributed by atoms with Crippen molar-refractivity contribution in [2.45, 2.75) is 39.0 Å². The van der Waals surface area contributed by atoms with Gasteiger partial charge in [-0.3, -0.25) is 4.99 Å². The molecule has 0 aromatic carbocycles. The molecule has 0 spiro atoms. The minimum Gasteiger partial charge on any atom is -0.356 e. The highest BCUT2D eigenvalue weighted by molar-refractivity contribution is 14.0. The number of thiophene rings is 1. The molecule has 0 aliphatic rings. The number of nitrogens with zero attached hydrogens (tertiary/aromatic N) is 3. The number of hydrogen-bond donors (Lipinski definition) is 2. The van der Waals surface area contributed by atoms with Gasteiger partial charge in [-0.05, 0) is 24.3 Å². The summed E-state index contributed by atoms with van der Waals surface area (Å²) in [5, 5.41) is 12.7. The highest BCUT2D eigenvalue weighted by atomic mass is 127. The topological polar surface area (TPSA) is 75.3 Å². The van der Waals surface area contributed by atoms with Crippen LogP contribution in [0.15, 0.2) is 27.0 Å². The predicted octanol–water partition coefficient (Wildman–Crippen LogP) is 3.21. The van der Waals surface area contributed by atoms with Crippen LogP contribution in [0.5, 0.6) is 0 Å². The maximum Gasteiger partial charge on any atom is 0.226 e. The van der Waals surface area contributed by atoms with E-state index in [1.807, 2.05) is 0 Å². The van der Waals surface area contributed by atoms with Crippen LogP contribution in [0.3, 0.4) is 0 Å². The Kier molecular flexibility index (Phi) is 9.92. The van der Waals surface area contributed by atoms with Gasteiger partial charge in [-0.1, -0.05) is 25.1 Å². The summed E-state index contributed by atoms with van der Waals surface area (Å²) in [6.45, 7) is 5.81. The first-order chi connectivity index (χ1) is 11.2. The summed E-state index contributed by atoms with van der Waals surface area (Å²) >= 11 is 1.78. The second-order valence-electron chi connectivity index (χ2n) is 5.56. The molecule has 134 valence electrons. The van der Waals surface area contributed by atoms with Crippen molar-refractivity contribution in [3.05, 3.63) is 34.1 Å². The maximum atomic E-state index is 5.23. The first-order valence-electron chi connectivity index (χ1n) is 7.98. The third-order valence-corrected chi connectivity index (χ3v) is 4.26. The molecule has 24 heavy (non-hydrogen) atoms. The van der Waals surface area contributed by atoms with Gasteiger partial charge >= 0.3 is 0 Å². The molecule has 0 unspecified atom stereocenters. The van der Waals surface area contributed by atoms with E-state index < -0.39 is 0 Å². The lowest BCUT2D eigenvalue weighted by atomic mass is 10.2. The Labute approximate surface area is 164 Å². The van der Waals surface area contributed by atoms with Crippen LogP contribution in [0.25, 0.3) is 0 Å². The third kappa shape index (κ3) is 7.16. The van der Waals surface area contributed by atoms with Crippen LogP contribution in [0.1, 0.15) is 42.8 Å². The highest BCUT2D eigenvalue weighted by Crippen LogP contribution is 2.10. The molecular weight excluding hydrogens is 437 g/mol. The fourth-order valence-corrected chi connectivity index (χ4v) is 2.74. The molecular formula is C16H26IN5OS. The van der Waals surface area contributed by atoms with E-state index in [4.69, 9.17) is 4.52 Å². The Morgan fingerprint density at radius 2 is 2.08 bits per heavy atom. The van der Waals surface area contributed by atoms with Gasteiger partial charge in [0.05, 0.1) is 0 Å². The van der Waals surface area contributed by atoms with E-state index in [0.717, 1.165) is 44.1 Å². The van der Waals surface area contributed by atoms with E-state index in [-0.39, 0.29) is 24.0 Å². The van der Waals surface area contributed by atoms with Crippen LogP contribution in [0.4, 0.5) is 0 Å². The fraction of sp³-hybridized carbons (Fsp3) is 0.562. The van der Waals surface area contributed by atoms with Crippen molar-refractivity contribution in [1.29, 1.82) is 0 Å². The van der Waals surface area contributed by atoms with Crippen molar-refractivity contribution in [3.63, 3.8) is 0 Å². The Morgan fingerprint density at radius 3 is 2.71 bits per heavy atom. The normalized spacial score (nSPS) is 11.4. The minimum absolute atomic E-state index is 0. The van der Waals surface area contributed by atoms with Gasteiger partial charge in [0.2, 0.25) is 5.89 Å². The van der Waals surface area contributed by atoms with E-state index in [0.29, 0.717) is 11.8 Å². The Balaban J connectivity index is 0.00000288. The summed E-state index contributed by atoms with van der Waals surface area (Å²) in [4.78, 5) is 9.98. The molecule has 2 N–H and O–H groups in total. The van der Waals surface area contributed by atoms with Crippen LogP contribution < -0.4 is 10.6 Å². The number of rotatable bonds is 8. The van der Waals surface area contributed by atoms with E-state index in [1.165, 1.54) is 4.88 Å². The molecule has 0 radical (unpaired) electrons. The molecule has 2 aromatic rings. The van der Waals surface area contributed by atoms with Crippen LogP contribution in [-0.4, -0.2) is 36.2 Å². The summed E-state index contributed by atoms with van der Waals surface area (Å²) in [6, 6.07) is 4.23. The van der Waals surface area contributed by atoms with Crippen molar-refractivity contribution in [1.82, 2.24) is 20.8 Å². The van der Waals surface area contributed by atoms with E-state index in [2.05, 4.69) is 57.1 Å². The fourth-order valence-electron chi connectivity index (χ4n) is 2.03. The zero-order chi connectivity index (χ0) is 16.5. The Bertz CT molecular complexity index is 597. The SMILES string of the molecule is CN=C(NCCCc1nc(C(C)C)no1)NCCc1cccs1.I. The molecule has 0 atom stereocenters. The van der Waals surface area contributed by atoms with Crippen molar-refractivity contribution in [2.75, 3.05) is 20.1 Å². The molecule has 2 rings (SSSR count). The van der Waals surface area contributed by atoms with Gasteiger partial charge in [0.15, 0.2) is 11.8 Å². The van der Waals surface area contributed by atoms with Crippen molar-refractivity contribution in [2.24, 2.45) is 4.99 Å². The molecule has 2 aromatic heterocycles. The molecule has 0 bridgehead atoms. The average Bonchev–Trinajstić information content (AvgIpc) is 3.21. The monoisotopic (exact) mass is 463 g/mol. The van der Waals surface area contributed by atoms with Crippen molar-refractivity contribution < 1.29 is 4.52 Å². The smallest absolute Gasteiger partial charge is 0.226 e. The molecule has 0 aliphatic heterocycles. The molecule has 0 saturated carbocycles. The second kappa shape index (κ2) is 11.4. The van der Waals surface area contributed by atoms with Crippen LogP contribution in [-0.2, 0) is 12.8 Å². The van der Waals surface area contributed by atoms with Gasteiger partial charge in [0.1, 0.15) is 0 Å². The van der Waals surface area contributed by atoms with Gasteiger partial charge in [-0.25, -0.2) is 0 Å². The highest BCUT2D eigenvalue weighted by Gasteiger charge is 2.09. The van der Waals surface area contributed by atoms with E-state index in [9.17, 15) is 0 Å². The predicted molar refractivity (Wildman–Crippen MR) is 110 cm³/mol. The lowest BCUT2D eigenvalue weighted by Crippen LogP contribution is -2.38. The molecule has 0 aliphatic carbocycles. The Morgan fingerprint density at radius 1 is 1.29 bits per heavy atom. The molecule has 0 amide bonds. The van der Waals surface area contributed by atoms with Gasteiger partial charge in [-0.15, -0.1) is 35.3 Å². The van der Waals surface area contributed by atoms with Gasteiger partial charge in [0.25, 0.3) is 0 Å². The summed E-state index contributed by atoms with van der Waals surface area (Å²) in [6.07, 6.45) is 2.71. The molecule has 0 saturated heterocycles. The first kappa shape index (κ1) is 20.9. The van der Waals surface area contributed by atoms with Gasteiger partial charge in [0, 0.05) is 37.4 Å². The van der Waals surface area contributed by atoms with Crippen molar-refractivity contribution >= 4 is 41.3 Å². The largest absolute Gasteiger partial charge is 0.356 e. The van der Waals surface area contributed by atoms with Crippen LogP contribution in [0.2, 0.25) is 0 Å². The molecule has 8 heteroatoms. The second-order valence-corrected chi connectivity index (χ2v) is 6.59. The number of aliphatic imine (C=N–C) groups is 1. The zero-order valence-corrected chi connectivity index (χ0v) is 17.6. The lowest BCUT2D eigenvalue weighted by molar-refractivity contribution is 0.368. The summed E-state index contributed by atoms with van der Waals surface area (Å²) in [5.74, 6) is 2.61. The van der Waals surface area contributed by atoms with Crippen LogP contribution >= 0.6 is 35.3 Å². The zero-order valence-electron chi connectivity index (χ0n) is 14.4. The number of aromatic nitrogens is 2. The minimum atomic E-state index is 0. The van der Waals surface area contributed by atoms with E-state index in [1.54, 1.807) is 18.4 Å². The first-order valence-corrected chi connectivity index (χ1v) is 8.86.